The van der Waals surface area contributed by atoms with E-state index in [4.69, 9.17) is 14.2 Å². The Kier molecular flexibility index (Phi) is 9.00. The molecule has 0 amide bonds. The van der Waals surface area contributed by atoms with Crippen LogP contribution in [0.5, 0.6) is 11.5 Å². The van der Waals surface area contributed by atoms with E-state index in [1.54, 1.807) is 0 Å². The second kappa shape index (κ2) is 11.0. The van der Waals surface area contributed by atoms with E-state index in [1.807, 2.05) is 24.3 Å². The van der Waals surface area contributed by atoms with Gasteiger partial charge in [0.1, 0.15) is 0 Å². The number of hydrogen-bond donors (Lipinski definition) is 0. The minimum atomic E-state index is -2.98. The molecule has 1 aromatic rings. The van der Waals surface area contributed by atoms with Gasteiger partial charge in [0.25, 0.3) is 0 Å². The standard InChI is InChI=1S/C10H7O4.3C4H9.Sn/c1-12-10(11)9-6-13-7-4-2-3-5-8(7)14-9;3*1-3-4-2;/h2-5H,1H3;3*1,3-4H2,2H3;. The molecule has 1 aliphatic rings. The molecular formula is C22H34O4Sn. The van der Waals surface area contributed by atoms with E-state index in [0.717, 1.165) is 28.8 Å². The van der Waals surface area contributed by atoms with E-state index < -0.39 is 24.3 Å². The van der Waals surface area contributed by atoms with Crippen LogP contribution in [-0.4, -0.2) is 31.5 Å². The zero-order valence-electron chi connectivity index (χ0n) is 17.3. The first kappa shape index (κ1) is 22.1. The van der Waals surface area contributed by atoms with Crippen molar-refractivity contribution < 1.29 is 19.0 Å². The van der Waals surface area contributed by atoms with Crippen molar-refractivity contribution in [3.05, 3.63) is 33.8 Å². The molecule has 150 valence electrons. The molecule has 2 rings (SSSR count). The first-order chi connectivity index (χ1) is 13.1. The Hall–Kier alpha value is -1.17. The van der Waals surface area contributed by atoms with Crippen molar-refractivity contribution >= 4 is 24.3 Å². The van der Waals surface area contributed by atoms with Crippen molar-refractivity contribution in [2.24, 2.45) is 0 Å². The van der Waals surface area contributed by atoms with Crippen LogP contribution in [0.3, 0.4) is 0 Å². The molecule has 0 bridgehead atoms. The summed E-state index contributed by atoms with van der Waals surface area (Å²) in [5.74, 6) is 1.23. The van der Waals surface area contributed by atoms with Gasteiger partial charge in [-0.15, -0.1) is 0 Å². The topological polar surface area (TPSA) is 44.8 Å². The van der Waals surface area contributed by atoms with Crippen LogP contribution in [0.2, 0.25) is 13.3 Å². The fraction of sp³-hybridized carbons (Fsp3) is 0.591. The fourth-order valence-corrected chi connectivity index (χ4v) is 19.4. The second-order valence-electron chi connectivity index (χ2n) is 7.39. The van der Waals surface area contributed by atoms with Crippen LogP contribution in [0.1, 0.15) is 59.3 Å². The molecule has 4 nitrogen and oxygen atoms in total. The van der Waals surface area contributed by atoms with Crippen LogP contribution >= 0.6 is 0 Å². The number of fused-ring (bicyclic) bond motifs is 1. The van der Waals surface area contributed by atoms with Gasteiger partial charge in [-0.3, -0.25) is 0 Å². The molecule has 0 saturated carbocycles. The molecule has 0 unspecified atom stereocenters. The Morgan fingerprint density at radius 2 is 1.37 bits per heavy atom. The molecule has 0 radical (unpaired) electrons. The molecule has 0 N–H and O–H groups in total. The van der Waals surface area contributed by atoms with Crippen LogP contribution < -0.4 is 9.47 Å². The number of carbonyl (C=O) groups is 1. The summed E-state index contributed by atoms with van der Waals surface area (Å²) in [4.78, 5) is 12.6. The fourth-order valence-electron chi connectivity index (χ4n) is 3.77. The van der Waals surface area contributed by atoms with Gasteiger partial charge in [-0.25, -0.2) is 0 Å². The number of ether oxygens (including phenoxy) is 3. The van der Waals surface area contributed by atoms with Gasteiger partial charge in [-0.1, -0.05) is 0 Å². The third-order valence-corrected chi connectivity index (χ3v) is 20.3. The average Bonchev–Trinajstić information content (AvgIpc) is 2.72. The van der Waals surface area contributed by atoms with Crippen LogP contribution in [0.15, 0.2) is 33.8 Å². The number of para-hydroxylation sites is 2. The first-order valence-electron chi connectivity index (χ1n) is 10.4. The second-order valence-corrected chi connectivity index (χ2v) is 20.3. The third-order valence-electron chi connectivity index (χ3n) is 5.36. The van der Waals surface area contributed by atoms with Crippen LogP contribution in [0.25, 0.3) is 0 Å². The summed E-state index contributed by atoms with van der Waals surface area (Å²) in [7, 11) is 1.41. The molecule has 0 saturated heterocycles. The van der Waals surface area contributed by atoms with E-state index in [1.165, 1.54) is 39.7 Å². The summed E-state index contributed by atoms with van der Waals surface area (Å²) in [6.07, 6.45) is 7.05. The van der Waals surface area contributed by atoms with Gasteiger partial charge >= 0.3 is 168 Å². The number of methoxy groups -OCH3 is 1. The van der Waals surface area contributed by atoms with E-state index in [0.29, 0.717) is 11.5 Å². The van der Waals surface area contributed by atoms with E-state index in [9.17, 15) is 4.79 Å². The quantitative estimate of drug-likeness (QED) is 0.278. The van der Waals surface area contributed by atoms with E-state index in [-0.39, 0.29) is 0 Å². The predicted octanol–water partition coefficient (Wildman–Crippen LogP) is 6.23. The molecular weight excluding hydrogens is 447 g/mol. The van der Waals surface area contributed by atoms with Crippen molar-refractivity contribution in [3.8, 4) is 11.5 Å². The number of esters is 1. The van der Waals surface area contributed by atoms with Crippen LogP contribution in [0.4, 0.5) is 0 Å². The monoisotopic (exact) mass is 482 g/mol. The van der Waals surface area contributed by atoms with Crippen molar-refractivity contribution in [1.82, 2.24) is 0 Å². The maximum absolute atomic E-state index is 12.6. The van der Waals surface area contributed by atoms with Gasteiger partial charge in [-0.05, 0) is 0 Å². The van der Waals surface area contributed by atoms with Crippen LogP contribution in [0, 0.1) is 0 Å². The maximum atomic E-state index is 12.6. The number of carbonyl (C=O) groups excluding carboxylic acids is 1. The Labute approximate surface area is 168 Å². The summed E-state index contributed by atoms with van der Waals surface area (Å²) in [6, 6.07) is 7.62. The van der Waals surface area contributed by atoms with E-state index >= 15 is 0 Å². The molecule has 5 heteroatoms. The molecule has 0 spiro atoms. The van der Waals surface area contributed by atoms with Crippen LogP contribution in [-0.2, 0) is 9.53 Å². The number of unbranched alkanes of at least 4 members (excludes halogenated alkanes) is 3. The van der Waals surface area contributed by atoms with E-state index in [2.05, 4.69) is 20.8 Å². The summed E-state index contributed by atoms with van der Waals surface area (Å²) >= 11 is -2.98. The summed E-state index contributed by atoms with van der Waals surface area (Å²) < 4.78 is 22.1. The molecule has 1 aromatic carbocycles. The predicted molar refractivity (Wildman–Crippen MR) is 112 cm³/mol. The van der Waals surface area contributed by atoms with Crippen molar-refractivity contribution in [1.29, 1.82) is 0 Å². The third kappa shape index (κ3) is 5.43. The molecule has 0 aliphatic carbocycles. The van der Waals surface area contributed by atoms with Gasteiger partial charge in [0.05, 0.1) is 0 Å². The molecule has 0 aromatic heterocycles. The molecule has 0 fully saturated rings. The molecule has 0 atom stereocenters. The van der Waals surface area contributed by atoms with Crippen molar-refractivity contribution in [3.63, 3.8) is 0 Å². The Morgan fingerprint density at radius 3 is 1.81 bits per heavy atom. The number of hydrogen-bond acceptors (Lipinski definition) is 4. The first-order valence-corrected chi connectivity index (χ1v) is 17.9. The minimum absolute atomic E-state index is 0.315. The van der Waals surface area contributed by atoms with Crippen molar-refractivity contribution in [2.75, 3.05) is 7.11 Å². The van der Waals surface area contributed by atoms with Gasteiger partial charge in [0.2, 0.25) is 0 Å². The SMILES string of the molecule is CCC[CH2][Sn]([CH2]CCC)([CH2]CCC)[C]1=C(C(=O)OC)Oc2ccccc2O1. The number of benzene rings is 1. The van der Waals surface area contributed by atoms with Gasteiger partial charge in [-0.2, -0.15) is 0 Å². The Balaban J connectivity index is 2.54. The van der Waals surface area contributed by atoms with Gasteiger partial charge in [0.15, 0.2) is 0 Å². The Bertz CT molecular complexity index is 632. The summed E-state index contributed by atoms with van der Waals surface area (Å²) in [5.41, 5.74) is 0. The zero-order chi connectivity index (χ0) is 19.7. The molecule has 27 heavy (non-hydrogen) atoms. The summed E-state index contributed by atoms with van der Waals surface area (Å²) in [5, 5.41) is 0. The molecule has 1 heterocycles. The molecule has 1 aliphatic heterocycles. The summed E-state index contributed by atoms with van der Waals surface area (Å²) in [6.45, 7) is 6.71. The normalized spacial score (nSPS) is 13.6. The van der Waals surface area contributed by atoms with Gasteiger partial charge < -0.3 is 0 Å². The zero-order valence-corrected chi connectivity index (χ0v) is 20.2. The number of rotatable bonds is 11. The Morgan fingerprint density at radius 1 is 0.889 bits per heavy atom. The van der Waals surface area contributed by atoms with Crippen molar-refractivity contribution in [2.45, 2.75) is 72.6 Å². The van der Waals surface area contributed by atoms with Gasteiger partial charge in [0, 0.05) is 0 Å². The average molecular weight is 481 g/mol.